The molecule has 0 aliphatic heterocycles. The van der Waals surface area contributed by atoms with E-state index < -0.39 is 0 Å². The van der Waals surface area contributed by atoms with E-state index in [0.29, 0.717) is 12.7 Å². The first kappa shape index (κ1) is 12.1. The van der Waals surface area contributed by atoms with Crippen molar-refractivity contribution in [3.05, 3.63) is 29.6 Å². The Morgan fingerprint density at radius 1 is 1.17 bits per heavy atom. The van der Waals surface area contributed by atoms with Crippen LogP contribution in [0, 0.1) is 0 Å². The van der Waals surface area contributed by atoms with Crippen molar-refractivity contribution in [2.45, 2.75) is 63.8 Å². The molecule has 1 aromatic heterocycles. The van der Waals surface area contributed by atoms with Crippen molar-refractivity contribution in [3.8, 4) is 0 Å². The monoisotopic (exact) mass is 246 g/mol. The number of ether oxygens (including phenoxy) is 1. The Morgan fingerprint density at radius 3 is 2.67 bits per heavy atom. The molecule has 1 heterocycles. The van der Waals surface area contributed by atoms with Gasteiger partial charge in [-0.1, -0.05) is 18.9 Å². The average Bonchev–Trinajstić information content (AvgIpc) is 3.09. The van der Waals surface area contributed by atoms with Crippen LogP contribution in [0.1, 0.15) is 49.8 Å². The molecule has 1 aromatic rings. The number of nitrogens with zero attached hydrogens (tertiary/aromatic N) is 1. The van der Waals surface area contributed by atoms with Gasteiger partial charge in [0.15, 0.2) is 0 Å². The number of pyridine rings is 1. The quantitative estimate of drug-likeness (QED) is 0.838. The van der Waals surface area contributed by atoms with Crippen LogP contribution in [-0.2, 0) is 17.9 Å². The Hall–Kier alpha value is -0.930. The number of rotatable bonds is 6. The van der Waals surface area contributed by atoms with Gasteiger partial charge in [-0.2, -0.15) is 0 Å². The summed E-state index contributed by atoms with van der Waals surface area (Å²) in [6.45, 7) is 1.61. The summed E-state index contributed by atoms with van der Waals surface area (Å²) in [5, 5.41) is 3.50. The van der Waals surface area contributed by atoms with Crippen molar-refractivity contribution < 1.29 is 4.74 Å². The third kappa shape index (κ3) is 3.53. The lowest BCUT2D eigenvalue weighted by molar-refractivity contribution is 0.0438. The van der Waals surface area contributed by atoms with Gasteiger partial charge in [-0.25, -0.2) is 0 Å². The molecule has 3 heteroatoms. The summed E-state index contributed by atoms with van der Waals surface area (Å²) < 4.78 is 5.86. The maximum absolute atomic E-state index is 5.86. The van der Waals surface area contributed by atoms with E-state index in [1.807, 2.05) is 6.20 Å². The number of nitrogens with one attached hydrogen (secondary N) is 1. The SMILES string of the molecule is c1cc(COC2CCCC2)ncc1CNC1CC1. The molecule has 0 atom stereocenters. The zero-order valence-corrected chi connectivity index (χ0v) is 10.9. The van der Waals surface area contributed by atoms with Crippen molar-refractivity contribution in [2.24, 2.45) is 0 Å². The van der Waals surface area contributed by atoms with Crippen molar-refractivity contribution in [1.82, 2.24) is 10.3 Å². The highest BCUT2D eigenvalue weighted by Gasteiger charge is 2.20. The molecule has 3 rings (SSSR count). The molecule has 0 saturated heterocycles. The predicted octanol–water partition coefficient (Wildman–Crippen LogP) is 2.79. The molecule has 0 bridgehead atoms. The van der Waals surface area contributed by atoms with Gasteiger partial charge in [-0.3, -0.25) is 4.98 Å². The lowest BCUT2D eigenvalue weighted by Crippen LogP contribution is -2.15. The Balaban J connectivity index is 1.44. The first-order chi connectivity index (χ1) is 8.90. The molecule has 3 nitrogen and oxygen atoms in total. The third-order valence-corrected chi connectivity index (χ3v) is 3.83. The molecule has 2 fully saturated rings. The van der Waals surface area contributed by atoms with Crippen LogP contribution in [0.5, 0.6) is 0 Å². The second kappa shape index (κ2) is 5.81. The number of aromatic nitrogens is 1. The van der Waals surface area contributed by atoms with Crippen molar-refractivity contribution >= 4 is 0 Å². The van der Waals surface area contributed by atoms with E-state index in [2.05, 4.69) is 22.4 Å². The standard InChI is InChI=1S/C15H22N2O/c1-2-4-15(3-1)18-11-14-6-5-12(10-17-14)9-16-13-7-8-13/h5-6,10,13,15-16H,1-4,7-9,11H2. The predicted molar refractivity (Wildman–Crippen MR) is 71.1 cm³/mol. The summed E-state index contributed by atoms with van der Waals surface area (Å²) in [7, 11) is 0. The summed E-state index contributed by atoms with van der Waals surface area (Å²) in [6, 6.07) is 5.02. The van der Waals surface area contributed by atoms with Gasteiger partial charge in [0, 0.05) is 18.8 Å². The molecule has 2 saturated carbocycles. The maximum Gasteiger partial charge on any atom is 0.0891 e. The lowest BCUT2D eigenvalue weighted by Gasteiger charge is -2.10. The zero-order chi connectivity index (χ0) is 12.2. The molecule has 1 N–H and O–H groups in total. The van der Waals surface area contributed by atoms with Crippen molar-refractivity contribution in [2.75, 3.05) is 0 Å². The maximum atomic E-state index is 5.86. The molecule has 98 valence electrons. The second-order valence-corrected chi connectivity index (χ2v) is 5.53. The molecule has 18 heavy (non-hydrogen) atoms. The Morgan fingerprint density at radius 2 is 2.00 bits per heavy atom. The van der Waals surface area contributed by atoms with Crippen LogP contribution in [-0.4, -0.2) is 17.1 Å². The van der Waals surface area contributed by atoms with Gasteiger partial charge in [-0.15, -0.1) is 0 Å². The first-order valence-electron chi connectivity index (χ1n) is 7.19. The first-order valence-corrected chi connectivity index (χ1v) is 7.19. The normalized spacial score (nSPS) is 20.4. The van der Waals surface area contributed by atoms with Crippen molar-refractivity contribution in [3.63, 3.8) is 0 Å². The summed E-state index contributed by atoms with van der Waals surface area (Å²) in [5.41, 5.74) is 2.32. The van der Waals surface area contributed by atoms with Gasteiger partial charge in [-0.05, 0) is 37.3 Å². The summed E-state index contributed by atoms with van der Waals surface area (Å²) >= 11 is 0. The Labute approximate surface area is 109 Å². The van der Waals surface area contributed by atoms with Crippen LogP contribution in [0.25, 0.3) is 0 Å². The summed E-state index contributed by atoms with van der Waals surface area (Å²) in [4.78, 5) is 4.47. The Bertz CT molecular complexity index is 367. The van der Waals surface area contributed by atoms with Gasteiger partial charge in [0.1, 0.15) is 0 Å². The summed E-state index contributed by atoms with van der Waals surface area (Å²) in [6.07, 6.45) is 10.2. The molecule has 0 amide bonds. The largest absolute Gasteiger partial charge is 0.372 e. The third-order valence-electron chi connectivity index (χ3n) is 3.83. The smallest absolute Gasteiger partial charge is 0.0891 e. The van der Waals surface area contributed by atoms with Crippen LogP contribution in [0.15, 0.2) is 18.3 Å². The molecular weight excluding hydrogens is 224 g/mol. The van der Waals surface area contributed by atoms with Gasteiger partial charge in [0.2, 0.25) is 0 Å². The minimum absolute atomic E-state index is 0.475. The van der Waals surface area contributed by atoms with Gasteiger partial charge in [0.05, 0.1) is 18.4 Å². The van der Waals surface area contributed by atoms with Gasteiger partial charge >= 0.3 is 0 Å². The molecule has 0 unspecified atom stereocenters. The van der Waals surface area contributed by atoms with E-state index in [1.165, 1.54) is 44.1 Å². The minimum atomic E-state index is 0.475. The highest BCUT2D eigenvalue weighted by molar-refractivity contribution is 5.13. The van der Waals surface area contributed by atoms with E-state index in [-0.39, 0.29) is 0 Å². The van der Waals surface area contributed by atoms with Gasteiger partial charge in [0.25, 0.3) is 0 Å². The highest BCUT2D eigenvalue weighted by atomic mass is 16.5. The topological polar surface area (TPSA) is 34.1 Å². The average molecular weight is 246 g/mol. The van der Waals surface area contributed by atoms with E-state index in [9.17, 15) is 0 Å². The fraction of sp³-hybridized carbons (Fsp3) is 0.667. The molecule has 2 aliphatic rings. The fourth-order valence-corrected chi connectivity index (χ4v) is 2.45. The number of hydrogen-bond acceptors (Lipinski definition) is 3. The number of hydrogen-bond donors (Lipinski definition) is 1. The highest BCUT2D eigenvalue weighted by Crippen LogP contribution is 2.22. The van der Waals surface area contributed by atoms with Crippen molar-refractivity contribution in [1.29, 1.82) is 0 Å². The molecule has 0 aromatic carbocycles. The summed E-state index contributed by atoms with van der Waals surface area (Å²) in [5.74, 6) is 0. The molecule has 2 aliphatic carbocycles. The van der Waals surface area contributed by atoms with E-state index in [4.69, 9.17) is 4.74 Å². The minimum Gasteiger partial charge on any atom is -0.372 e. The van der Waals surface area contributed by atoms with Crippen LogP contribution in [0.4, 0.5) is 0 Å². The molecular formula is C15H22N2O. The van der Waals surface area contributed by atoms with E-state index in [0.717, 1.165) is 18.3 Å². The van der Waals surface area contributed by atoms with E-state index >= 15 is 0 Å². The van der Waals surface area contributed by atoms with Crippen LogP contribution < -0.4 is 5.32 Å². The van der Waals surface area contributed by atoms with Crippen LogP contribution in [0.3, 0.4) is 0 Å². The van der Waals surface area contributed by atoms with Gasteiger partial charge < -0.3 is 10.1 Å². The van der Waals surface area contributed by atoms with Crippen LogP contribution >= 0.6 is 0 Å². The fourth-order valence-electron chi connectivity index (χ4n) is 2.45. The van der Waals surface area contributed by atoms with E-state index in [1.54, 1.807) is 0 Å². The Kier molecular flexibility index (Phi) is 3.91. The zero-order valence-electron chi connectivity index (χ0n) is 10.9. The second-order valence-electron chi connectivity index (χ2n) is 5.53. The molecule has 0 spiro atoms. The van der Waals surface area contributed by atoms with Crippen LogP contribution in [0.2, 0.25) is 0 Å². The lowest BCUT2D eigenvalue weighted by atomic mass is 10.2. The molecule has 0 radical (unpaired) electrons.